The molecule has 2 aromatic rings. The van der Waals surface area contributed by atoms with Gasteiger partial charge in [-0.2, -0.15) is 4.98 Å². The number of hydrogen-bond acceptors (Lipinski definition) is 5. The highest BCUT2D eigenvalue weighted by Gasteiger charge is 2.09. The number of nitrogens with one attached hydrogen (secondary N) is 2. The van der Waals surface area contributed by atoms with E-state index in [9.17, 15) is 0 Å². The van der Waals surface area contributed by atoms with Gasteiger partial charge in [-0.3, -0.25) is 4.99 Å². The summed E-state index contributed by atoms with van der Waals surface area (Å²) in [5, 5.41) is 11.1. The van der Waals surface area contributed by atoms with Crippen LogP contribution in [-0.4, -0.2) is 41.0 Å². The molecular weight excluding hydrogens is 358 g/mol. The smallest absolute Gasteiger partial charge is 0.226 e. The molecule has 0 radical (unpaired) electrons. The Labute approximate surface area is 166 Å². The lowest BCUT2D eigenvalue weighted by Gasteiger charge is -2.13. The summed E-state index contributed by atoms with van der Waals surface area (Å²) in [6.07, 6.45) is 1.69. The predicted octanol–water partition coefficient (Wildman–Crippen LogP) is 3.86. The van der Waals surface area contributed by atoms with Gasteiger partial charge >= 0.3 is 0 Å². The fraction of sp³-hybridized carbons (Fsp3) is 0.550. The van der Waals surface area contributed by atoms with Crippen LogP contribution in [0, 0.1) is 0 Å². The minimum Gasteiger partial charge on any atom is -0.357 e. The first-order valence-corrected chi connectivity index (χ1v) is 10.5. The Balaban J connectivity index is 1.73. The third-order valence-electron chi connectivity index (χ3n) is 3.79. The van der Waals surface area contributed by atoms with Crippen LogP contribution >= 0.6 is 11.8 Å². The summed E-state index contributed by atoms with van der Waals surface area (Å²) < 4.78 is 5.28. The molecule has 2 N–H and O–H groups in total. The number of nitrogens with zero attached hydrogens (tertiary/aromatic N) is 3. The molecule has 0 aliphatic heterocycles. The Morgan fingerprint density at radius 3 is 2.63 bits per heavy atom. The zero-order chi connectivity index (χ0) is 19.5. The van der Waals surface area contributed by atoms with E-state index >= 15 is 0 Å². The second-order valence-corrected chi connectivity index (χ2v) is 8.20. The van der Waals surface area contributed by atoms with E-state index in [-0.39, 0.29) is 0 Å². The number of guanidine groups is 1. The van der Waals surface area contributed by atoms with Crippen molar-refractivity contribution in [3.8, 4) is 0 Å². The Hall–Kier alpha value is -2.02. The molecule has 6 nitrogen and oxygen atoms in total. The van der Waals surface area contributed by atoms with Gasteiger partial charge in [0.25, 0.3) is 0 Å². The number of aliphatic imine (C=N–C) groups is 1. The third kappa shape index (κ3) is 8.03. The van der Waals surface area contributed by atoms with Crippen LogP contribution in [0.4, 0.5) is 0 Å². The normalized spacial score (nSPS) is 13.0. The van der Waals surface area contributed by atoms with Crippen LogP contribution < -0.4 is 10.6 Å². The Bertz CT molecular complexity index is 687. The zero-order valence-corrected chi connectivity index (χ0v) is 17.6. The van der Waals surface area contributed by atoms with Crippen LogP contribution in [0.3, 0.4) is 0 Å². The molecule has 1 atom stereocenters. The average molecular weight is 390 g/mol. The van der Waals surface area contributed by atoms with Crippen LogP contribution in [0.5, 0.6) is 0 Å². The minimum atomic E-state index is 0.295. The highest BCUT2D eigenvalue weighted by molar-refractivity contribution is 8.00. The molecule has 0 aliphatic rings. The van der Waals surface area contributed by atoms with Gasteiger partial charge in [0.2, 0.25) is 5.89 Å². The first-order chi connectivity index (χ1) is 13.1. The van der Waals surface area contributed by atoms with Crippen LogP contribution in [0.1, 0.15) is 51.7 Å². The van der Waals surface area contributed by atoms with Gasteiger partial charge in [-0.15, -0.1) is 11.8 Å². The summed E-state index contributed by atoms with van der Waals surface area (Å²) in [5.74, 6) is 2.63. The van der Waals surface area contributed by atoms with Gasteiger partial charge < -0.3 is 15.2 Å². The van der Waals surface area contributed by atoms with Crippen molar-refractivity contribution in [1.29, 1.82) is 0 Å². The molecule has 1 heterocycles. The molecule has 2 rings (SSSR count). The largest absolute Gasteiger partial charge is 0.357 e. The van der Waals surface area contributed by atoms with Crippen molar-refractivity contribution < 1.29 is 4.52 Å². The van der Waals surface area contributed by atoms with Gasteiger partial charge in [-0.1, -0.05) is 44.1 Å². The van der Waals surface area contributed by atoms with Gasteiger partial charge in [-0.25, -0.2) is 0 Å². The molecular formula is C20H31N5OS. The molecule has 27 heavy (non-hydrogen) atoms. The van der Waals surface area contributed by atoms with Gasteiger partial charge in [0, 0.05) is 35.6 Å². The van der Waals surface area contributed by atoms with Crippen LogP contribution in [0.25, 0.3) is 0 Å². The lowest BCUT2D eigenvalue weighted by atomic mass is 10.2. The van der Waals surface area contributed by atoms with E-state index in [1.165, 1.54) is 4.90 Å². The van der Waals surface area contributed by atoms with E-state index < -0.39 is 0 Å². The topological polar surface area (TPSA) is 75.3 Å². The molecule has 0 aliphatic carbocycles. The van der Waals surface area contributed by atoms with Gasteiger partial charge in [-0.05, 0) is 25.5 Å². The van der Waals surface area contributed by atoms with E-state index in [2.05, 4.69) is 72.7 Å². The van der Waals surface area contributed by atoms with Crippen molar-refractivity contribution >= 4 is 17.7 Å². The van der Waals surface area contributed by atoms with E-state index in [0.29, 0.717) is 17.1 Å². The number of rotatable bonds is 10. The Morgan fingerprint density at radius 1 is 1.19 bits per heavy atom. The summed E-state index contributed by atoms with van der Waals surface area (Å²) in [5.41, 5.74) is 0. The zero-order valence-electron chi connectivity index (χ0n) is 16.7. The van der Waals surface area contributed by atoms with E-state index in [4.69, 9.17) is 9.52 Å². The van der Waals surface area contributed by atoms with Crippen molar-refractivity contribution in [3.63, 3.8) is 0 Å². The molecule has 1 aromatic heterocycles. The first-order valence-electron chi connectivity index (χ1n) is 9.64. The Kier molecular flexibility index (Phi) is 9.18. The summed E-state index contributed by atoms with van der Waals surface area (Å²) in [6, 6.07) is 10.4. The minimum absolute atomic E-state index is 0.295. The molecule has 0 saturated heterocycles. The maximum absolute atomic E-state index is 5.28. The summed E-state index contributed by atoms with van der Waals surface area (Å²) in [7, 11) is 0. The van der Waals surface area contributed by atoms with Crippen LogP contribution in [0.2, 0.25) is 0 Å². The van der Waals surface area contributed by atoms with E-state index in [0.717, 1.165) is 44.3 Å². The number of aromatic nitrogens is 2. The molecule has 7 heteroatoms. The molecule has 148 valence electrons. The van der Waals surface area contributed by atoms with Crippen molar-refractivity contribution in [2.75, 3.05) is 19.6 Å². The lowest BCUT2D eigenvalue weighted by molar-refractivity contribution is 0.368. The summed E-state index contributed by atoms with van der Waals surface area (Å²) in [4.78, 5) is 10.4. The quantitative estimate of drug-likeness (QED) is 0.278. The summed E-state index contributed by atoms with van der Waals surface area (Å²) in [6.45, 7) is 10.8. The number of hydrogen-bond donors (Lipinski definition) is 2. The second kappa shape index (κ2) is 11.6. The first kappa shape index (κ1) is 21.3. The average Bonchev–Trinajstić information content (AvgIpc) is 3.13. The number of thioether (sulfide) groups is 1. The van der Waals surface area contributed by atoms with Crippen molar-refractivity contribution in [1.82, 2.24) is 20.8 Å². The fourth-order valence-corrected chi connectivity index (χ4v) is 3.31. The lowest BCUT2D eigenvalue weighted by Crippen LogP contribution is -2.38. The third-order valence-corrected chi connectivity index (χ3v) is 4.89. The molecule has 0 fully saturated rings. The highest BCUT2D eigenvalue weighted by Crippen LogP contribution is 2.22. The van der Waals surface area contributed by atoms with E-state index in [1.54, 1.807) is 0 Å². The monoisotopic (exact) mass is 389 g/mol. The SMILES string of the molecule is CCNC(=NCC(C)Sc1ccccc1)NCCCc1nc(C(C)C)no1. The number of benzene rings is 1. The van der Waals surface area contributed by atoms with Gasteiger partial charge in [0.05, 0.1) is 6.54 Å². The fourth-order valence-electron chi connectivity index (χ4n) is 2.38. The maximum atomic E-state index is 5.28. The maximum Gasteiger partial charge on any atom is 0.226 e. The van der Waals surface area contributed by atoms with Crippen LogP contribution in [0.15, 0.2) is 44.7 Å². The second-order valence-electron chi connectivity index (χ2n) is 6.69. The predicted molar refractivity (Wildman–Crippen MR) is 112 cm³/mol. The molecule has 0 amide bonds. The molecule has 1 aromatic carbocycles. The van der Waals surface area contributed by atoms with Crippen molar-refractivity contribution in [2.24, 2.45) is 4.99 Å². The summed E-state index contributed by atoms with van der Waals surface area (Å²) >= 11 is 1.84. The van der Waals surface area contributed by atoms with Gasteiger partial charge in [0.15, 0.2) is 11.8 Å². The van der Waals surface area contributed by atoms with Crippen LogP contribution in [-0.2, 0) is 6.42 Å². The standard InChI is InChI=1S/C20H31N5OS/c1-5-21-20(23-14-16(4)27-17-10-7-6-8-11-17)22-13-9-12-18-24-19(15(2)3)25-26-18/h6-8,10-11,15-16H,5,9,12-14H2,1-4H3,(H2,21,22,23). The molecule has 0 spiro atoms. The number of aryl methyl sites for hydroxylation is 1. The van der Waals surface area contributed by atoms with Crippen molar-refractivity contribution in [3.05, 3.63) is 42.0 Å². The van der Waals surface area contributed by atoms with E-state index in [1.807, 2.05) is 17.8 Å². The van der Waals surface area contributed by atoms with Crippen molar-refractivity contribution in [2.45, 2.75) is 56.6 Å². The highest BCUT2D eigenvalue weighted by atomic mass is 32.2. The molecule has 0 saturated carbocycles. The Morgan fingerprint density at radius 2 is 1.96 bits per heavy atom. The molecule has 1 unspecified atom stereocenters. The molecule has 0 bridgehead atoms. The van der Waals surface area contributed by atoms with Gasteiger partial charge in [0.1, 0.15) is 0 Å².